The summed E-state index contributed by atoms with van der Waals surface area (Å²) in [4.78, 5) is 11.4. The highest BCUT2D eigenvalue weighted by Crippen LogP contribution is 2.25. The van der Waals surface area contributed by atoms with Crippen LogP contribution in [0.2, 0.25) is 0 Å². The summed E-state index contributed by atoms with van der Waals surface area (Å²) in [6.45, 7) is 1.93. The molecule has 20 heavy (non-hydrogen) atoms. The monoisotopic (exact) mass is 337 g/mol. The molecule has 0 aliphatic carbocycles. The van der Waals surface area contributed by atoms with E-state index in [1.54, 1.807) is 6.07 Å². The number of carboxylic acids is 1. The predicted octanol–water partition coefficient (Wildman–Crippen LogP) is 4.13. The molecule has 0 radical (unpaired) electrons. The van der Waals surface area contributed by atoms with Gasteiger partial charge in [0.15, 0.2) is 6.04 Å². The Morgan fingerprint density at radius 1 is 1.30 bits per heavy atom. The molecule has 0 aromatic heterocycles. The standard InChI is InChI=1S/C15H13BrFNO2/c1-9-3-2-4-11(7-9)18-14(15(19)20)10-5-6-13(17)12(16)8-10/h2-8,14,18H,1H3,(H,19,20). The lowest BCUT2D eigenvalue weighted by Gasteiger charge is -2.17. The van der Waals surface area contributed by atoms with Gasteiger partial charge in [0, 0.05) is 5.69 Å². The largest absolute Gasteiger partial charge is 0.479 e. The Morgan fingerprint density at radius 2 is 2.05 bits per heavy atom. The molecule has 0 spiro atoms. The number of aryl methyl sites for hydroxylation is 1. The fraction of sp³-hybridized carbons (Fsp3) is 0.133. The van der Waals surface area contributed by atoms with Crippen molar-refractivity contribution in [3.8, 4) is 0 Å². The average molecular weight is 338 g/mol. The molecule has 5 heteroatoms. The maximum atomic E-state index is 13.2. The first-order chi connectivity index (χ1) is 9.47. The van der Waals surface area contributed by atoms with Gasteiger partial charge in [0.25, 0.3) is 0 Å². The molecule has 2 aromatic carbocycles. The van der Waals surface area contributed by atoms with Crippen LogP contribution in [0.1, 0.15) is 17.2 Å². The second kappa shape index (κ2) is 6.05. The first-order valence-electron chi connectivity index (χ1n) is 5.98. The molecule has 2 aromatic rings. The van der Waals surface area contributed by atoms with Gasteiger partial charge in [-0.2, -0.15) is 0 Å². The van der Waals surface area contributed by atoms with E-state index in [1.807, 2.05) is 25.1 Å². The van der Waals surface area contributed by atoms with Crippen molar-refractivity contribution in [1.82, 2.24) is 0 Å². The Kier molecular flexibility index (Phi) is 4.39. The van der Waals surface area contributed by atoms with Crippen LogP contribution in [0.5, 0.6) is 0 Å². The first kappa shape index (κ1) is 14.5. The quantitative estimate of drug-likeness (QED) is 0.881. The van der Waals surface area contributed by atoms with Crippen LogP contribution in [0.4, 0.5) is 10.1 Å². The van der Waals surface area contributed by atoms with Gasteiger partial charge in [0.2, 0.25) is 0 Å². The molecule has 0 aliphatic heterocycles. The zero-order valence-corrected chi connectivity index (χ0v) is 12.3. The lowest BCUT2D eigenvalue weighted by Crippen LogP contribution is -2.20. The van der Waals surface area contributed by atoms with Crippen molar-refractivity contribution in [1.29, 1.82) is 0 Å². The van der Waals surface area contributed by atoms with Crippen molar-refractivity contribution in [2.75, 3.05) is 5.32 Å². The molecule has 0 saturated carbocycles. The Labute approximate surface area is 124 Å². The predicted molar refractivity (Wildman–Crippen MR) is 79.3 cm³/mol. The summed E-state index contributed by atoms with van der Waals surface area (Å²) in [5.41, 5.74) is 2.21. The van der Waals surface area contributed by atoms with E-state index in [1.165, 1.54) is 18.2 Å². The molecule has 2 rings (SSSR count). The number of nitrogens with one attached hydrogen (secondary N) is 1. The smallest absolute Gasteiger partial charge is 0.330 e. The van der Waals surface area contributed by atoms with E-state index in [9.17, 15) is 14.3 Å². The molecule has 0 heterocycles. The number of aliphatic carboxylic acids is 1. The summed E-state index contributed by atoms with van der Waals surface area (Å²) < 4.78 is 13.5. The normalized spacial score (nSPS) is 11.9. The highest BCUT2D eigenvalue weighted by Gasteiger charge is 2.20. The molecule has 0 amide bonds. The van der Waals surface area contributed by atoms with E-state index in [0.29, 0.717) is 11.3 Å². The number of rotatable bonds is 4. The molecule has 1 atom stereocenters. The van der Waals surface area contributed by atoms with Crippen LogP contribution in [0.15, 0.2) is 46.9 Å². The van der Waals surface area contributed by atoms with Crippen LogP contribution < -0.4 is 5.32 Å². The van der Waals surface area contributed by atoms with E-state index in [0.717, 1.165) is 5.56 Å². The number of carbonyl (C=O) groups is 1. The molecule has 104 valence electrons. The number of hydrogen-bond acceptors (Lipinski definition) is 2. The van der Waals surface area contributed by atoms with E-state index < -0.39 is 17.8 Å². The summed E-state index contributed by atoms with van der Waals surface area (Å²) in [5, 5.41) is 12.3. The van der Waals surface area contributed by atoms with Gasteiger partial charge in [-0.15, -0.1) is 0 Å². The molecule has 0 aliphatic rings. The molecule has 0 saturated heterocycles. The van der Waals surface area contributed by atoms with Crippen LogP contribution in [-0.4, -0.2) is 11.1 Å². The van der Waals surface area contributed by atoms with Crippen LogP contribution in [0, 0.1) is 12.7 Å². The third-order valence-electron chi connectivity index (χ3n) is 2.85. The molecular formula is C15H13BrFNO2. The minimum Gasteiger partial charge on any atom is -0.479 e. The fourth-order valence-electron chi connectivity index (χ4n) is 1.88. The molecule has 2 N–H and O–H groups in total. The van der Waals surface area contributed by atoms with Gasteiger partial charge in [-0.25, -0.2) is 9.18 Å². The lowest BCUT2D eigenvalue weighted by atomic mass is 10.1. The van der Waals surface area contributed by atoms with Gasteiger partial charge in [-0.05, 0) is 58.2 Å². The van der Waals surface area contributed by atoms with E-state index >= 15 is 0 Å². The highest BCUT2D eigenvalue weighted by molar-refractivity contribution is 9.10. The number of anilines is 1. The summed E-state index contributed by atoms with van der Waals surface area (Å²) in [5.74, 6) is -1.45. The molecular weight excluding hydrogens is 325 g/mol. The topological polar surface area (TPSA) is 49.3 Å². The molecule has 1 unspecified atom stereocenters. The second-order valence-electron chi connectivity index (χ2n) is 4.46. The van der Waals surface area contributed by atoms with E-state index in [2.05, 4.69) is 21.2 Å². The van der Waals surface area contributed by atoms with Crippen LogP contribution >= 0.6 is 15.9 Å². The minimum absolute atomic E-state index is 0.243. The maximum Gasteiger partial charge on any atom is 0.330 e. The van der Waals surface area contributed by atoms with Gasteiger partial charge in [-0.1, -0.05) is 18.2 Å². The average Bonchev–Trinajstić information content (AvgIpc) is 2.39. The van der Waals surface area contributed by atoms with Crippen LogP contribution in [-0.2, 0) is 4.79 Å². The summed E-state index contributed by atoms with van der Waals surface area (Å²) in [6, 6.07) is 10.7. The zero-order chi connectivity index (χ0) is 14.7. The van der Waals surface area contributed by atoms with Crippen molar-refractivity contribution in [2.45, 2.75) is 13.0 Å². The Hall–Kier alpha value is -1.88. The highest BCUT2D eigenvalue weighted by atomic mass is 79.9. The first-order valence-corrected chi connectivity index (χ1v) is 6.77. The third kappa shape index (κ3) is 3.36. The van der Waals surface area contributed by atoms with Gasteiger partial charge in [0.05, 0.1) is 4.47 Å². The maximum absolute atomic E-state index is 13.2. The molecule has 0 fully saturated rings. The minimum atomic E-state index is -1.02. The Morgan fingerprint density at radius 3 is 2.65 bits per heavy atom. The summed E-state index contributed by atoms with van der Waals surface area (Å²) in [6.07, 6.45) is 0. The van der Waals surface area contributed by atoms with Crippen molar-refractivity contribution in [3.05, 3.63) is 63.9 Å². The second-order valence-corrected chi connectivity index (χ2v) is 5.31. The van der Waals surface area contributed by atoms with Crippen LogP contribution in [0.25, 0.3) is 0 Å². The summed E-state index contributed by atoms with van der Waals surface area (Å²) >= 11 is 3.06. The van der Waals surface area contributed by atoms with Crippen LogP contribution in [0.3, 0.4) is 0 Å². The van der Waals surface area contributed by atoms with Gasteiger partial charge >= 0.3 is 5.97 Å². The van der Waals surface area contributed by atoms with Crippen molar-refractivity contribution >= 4 is 27.6 Å². The summed E-state index contributed by atoms with van der Waals surface area (Å²) in [7, 11) is 0. The third-order valence-corrected chi connectivity index (χ3v) is 3.46. The van der Waals surface area contributed by atoms with E-state index in [-0.39, 0.29) is 4.47 Å². The van der Waals surface area contributed by atoms with Gasteiger partial charge in [0.1, 0.15) is 5.82 Å². The van der Waals surface area contributed by atoms with Crippen molar-refractivity contribution in [2.24, 2.45) is 0 Å². The molecule has 0 bridgehead atoms. The number of carboxylic acid groups (broad SMARTS) is 1. The van der Waals surface area contributed by atoms with Crippen molar-refractivity contribution in [3.63, 3.8) is 0 Å². The zero-order valence-electron chi connectivity index (χ0n) is 10.7. The number of halogens is 2. The number of hydrogen-bond donors (Lipinski definition) is 2. The van der Waals surface area contributed by atoms with Crippen molar-refractivity contribution < 1.29 is 14.3 Å². The SMILES string of the molecule is Cc1cccc(NC(C(=O)O)c2ccc(F)c(Br)c2)c1. The van der Waals surface area contributed by atoms with Gasteiger partial charge < -0.3 is 10.4 Å². The Balaban J connectivity index is 2.32. The lowest BCUT2D eigenvalue weighted by molar-refractivity contribution is -0.138. The Bertz CT molecular complexity index is 646. The van der Waals surface area contributed by atoms with Gasteiger partial charge in [-0.3, -0.25) is 0 Å². The molecule has 3 nitrogen and oxygen atoms in total. The number of benzene rings is 2. The fourth-order valence-corrected chi connectivity index (χ4v) is 2.28. The van der Waals surface area contributed by atoms with E-state index in [4.69, 9.17) is 0 Å².